The van der Waals surface area contributed by atoms with Gasteiger partial charge in [0.05, 0.1) is 11.7 Å². The third kappa shape index (κ3) is 1.36. The molecule has 0 aromatic carbocycles. The summed E-state index contributed by atoms with van der Waals surface area (Å²) in [4.78, 5) is 2.37. The largest absolute Gasteiger partial charge is 0.313 e. The van der Waals surface area contributed by atoms with Gasteiger partial charge in [-0.25, -0.2) is 0 Å². The first kappa shape index (κ1) is 8.72. The molecule has 13 heavy (non-hydrogen) atoms. The van der Waals surface area contributed by atoms with Crippen LogP contribution >= 0.6 is 0 Å². The summed E-state index contributed by atoms with van der Waals surface area (Å²) in [6.45, 7) is 5.39. The molecule has 0 spiro atoms. The van der Waals surface area contributed by atoms with E-state index in [9.17, 15) is 0 Å². The number of piperazine rings is 1. The SMILES string of the molecule is CN1CCNCC1(C)c1cn[nH]c1. The van der Waals surface area contributed by atoms with Gasteiger partial charge in [-0.1, -0.05) is 0 Å². The highest BCUT2D eigenvalue weighted by Crippen LogP contribution is 2.26. The lowest BCUT2D eigenvalue weighted by Crippen LogP contribution is -2.55. The maximum absolute atomic E-state index is 4.00. The topological polar surface area (TPSA) is 44.0 Å². The van der Waals surface area contributed by atoms with Crippen molar-refractivity contribution in [2.75, 3.05) is 26.7 Å². The third-order valence-electron chi connectivity index (χ3n) is 3.06. The Bertz CT molecular complexity index is 269. The van der Waals surface area contributed by atoms with Crippen molar-refractivity contribution in [2.24, 2.45) is 0 Å². The molecule has 0 aliphatic carbocycles. The maximum Gasteiger partial charge on any atom is 0.0586 e. The highest BCUT2D eigenvalue weighted by Gasteiger charge is 2.34. The van der Waals surface area contributed by atoms with Crippen LogP contribution in [0.4, 0.5) is 0 Å². The molecular formula is C9H16N4. The van der Waals surface area contributed by atoms with E-state index in [1.54, 1.807) is 0 Å². The van der Waals surface area contributed by atoms with Gasteiger partial charge in [-0.05, 0) is 14.0 Å². The minimum Gasteiger partial charge on any atom is -0.313 e. The summed E-state index contributed by atoms with van der Waals surface area (Å²) in [6.07, 6.45) is 3.88. The number of aromatic amines is 1. The molecule has 1 aliphatic rings. The molecule has 1 saturated heterocycles. The van der Waals surface area contributed by atoms with Crippen molar-refractivity contribution in [2.45, 2.75) is 12.5 Å². The molecule has 1 aromatic rings. The van der Waals surface area contributed by atoms with Gasteiger partial charge in [0.2, 0.25) is 0 Å². The molecule has 2 rings (SSSR count). The zero-order valence-corrected chi connectivity index (χ0v) is 8.17. The minimum absolute atomic E-state index is 0.0885. The van der Waals surface area contributed by atoms with Gasteiger partial charge < -0.3 is 5.32 Å². The molecule has 1 aromatic heterocycles. The van der Waals surface area contributed by atoms with Crippen LogP contribution in [0.2, 0.25) is 0 Å². The molecule has 0 radical (unpaired) electrons. The molecule has 2 N–H and O–H groups in total. The van der Waals surface area contributed by atoms with Crippen molar-refractivity contribution < 1.29 is 0 Å². The van der Waals surface area contributed by atoms with Crippen LogP contribution in [0.5, 0.6) is 0 Å². The van der Waals surface area contributed by atoms with Gasteiger partial charge in [0.25, 0.3) is 0 Å². The van der Waals surface area contributed by atoms with Crippen molar-refractivity contribution in [3.63, 3.8) is 0 Å². The van der Waals surface area contributed by atoms with Gasteiger partial charge >= 0.3 is 0 Å². The minimum atomic E-state index is 0.0885. The van der Waals surface area contributed by atoms with E-state index in [1.807, 2.05) is 12.4 Å². The number of likely N-dealkylation sites (N-methyl/N-ethyl adjacent to an activating group) is 1. The summed E-state index contributed by atoms with van der Waals surface area (Å²) >= 11 is 0. The molecule has 1 fully saturated rings. The lowest BCUT2D eigenvalue weighted by molar-refractivity contribution is 0.104. The number of nitrogens with one attached hydrogen (secondary N) is 2. The lowest BCUT2D eigenvalue weighted by Gasteiger charge is -2.42. The molecule has 0 amide bonds. The number of nitrogens with zero attached hydrogens (tertiary/aromatic N) is 2. The van der Waals surface area contributed by atoms with Gasteiger partial charge in [-0.15, -0.1) is 0 Å². The second-order valence-electron chi connectivity index (χ2n) is 3.86. The standard InChI is InChI=1S/C9H16N4/c1-9(8-5-11-12-6-8)7-10-3-4-13(9)2/h5-6,10H,3-4,7H2,1-2H3,(H,11,12). The van der Waals surface area contributed by atoms with Crippen molar-refractivity contribution in [3.8, 4) is 0 Å². The summed E-state index contributed by atoms with van der Waals surface area (Å²) in [5.74, 6) is 0. The predicted octanol–water partition coefficient (Wildman–Crippen LogP) is 0.160. The Morgan fingerprint density at radius 2 is 2.46 bits per heavy atom. The number of rotatable bonds is 1. The van der Waals surface area contributed by atoms with Gasteiger partial charge in [0.15, 0.2) is 0 Å². The number of H-pyrrole nitrogens is 1. The summed E-state index contributed by atoms with van der Waals surface area (Å²) in [5, 5.41) is 10.3. The number of hydrogen-bond donors (Lipinski definition) is 2. The smallest absolute Gasteiger partial charge is 0.0586 e. The average Bonchev–Trinajstić information content (AvgIpc) is 2.63. The van der Waals surface area contributed by atoms with Crippen LogP contribution in [0.15, 0.2) is 12.4 Å². The normalized spacial score (nSPS) is 30.6. The van der Waals surface area contributed by atoms with Gasteiger partial charge in [0.1, 0.15) is 0 Å². The van der Waals surface area contributed by atoms with E-state index < -0.39 is 0 Å². The third-order valence-corrected chi connectivity index (χ3v) is 3.06. The van der Waals surface area contributed by atoms with E-state index in [0.717, 1.165) is 19.6 Å². The molecule has 2 heterocycles. The van der Waals surface area contributed by atoms with Gasteiger partial charge in [0, 0.05) is 31.4 Å². The highest BCUT2D eigenvalue weighted by molar-refractivity contribution is 5.18. The fourth-order valence-electron chi connectivity index (χ4n) is 1.83. The van der Waals surface area contributed by atoms with Crippen molar-refractivity contribution in [1.82, 2.24) is 20.4 Å². The molecule has 72 valence electrons. The van der Waals surface area contributed by atoms with Crippen molar-refractivity contribution in [1.29, 1.82) is 0 Å². The average molecular weight is 180 g/mol. The molecule has 1 atom stereocenters. The first-order valence-corrected chi connectivity index (χ1v) is 4.65. The van der Waals surface area contributed by atoms with Gasteiger partial charge in [-0.3, -0.25) is 10.00 Å². The highest BCUT2D eigenvalue weighted by atomic mass is 15.2. The van der Waals surface area contributed by atoms with Crippen LogP contribution in [0.25, 0.3) is 0 Å². The fraction of sp³-hybridized carbons (Fsp3) is 0.667. The van der Waals surface area contributed by atoms with Crippen LogP contribution in [-0.4, -0.2) is 41.8 Å². The molecule has 1 aliphatic heterocycles. The van der Waals surface area contributed by atoms with Crippen LogP contribution in [0.3, 0.4) is 0 Å². The van der Waals surface area contributed by atoms with Crippen molar-refractivity contribution in [3.05, 3.63) is 18.0 Å². The Balaban J connectivity index is 2.27. The Labute approximate surface area is 78.3 Å². The number of hydrogen-bond acceptors (Lipinski definition) is 3. The van der Waals surface area contributed by atoms with Gasteiger partial charge in [-0.2, -0.15) is 5.10 Å². The summed E-state index contributed by atoms with van der Waals surface area (Å²) in [6, 6.07) is 0. The van der Waals surface area contributed by atoms with Crippen LogP contribution < -0.4 is 5.32 Å². The molecule has 0 saturated carbocycles. The Morgan fingerprint density at radius 3 is 3.08 bits per heavy atom. The first-order valence-electron chi connectivity index (χ1n) is 4.65. The van der Waals surface area contributed by atoms with Crippen LogP contribution in [0, 0.1) is 0 Å². The molecule has 1 unspecified atom stereocenters. The zero-order valence-electron chi connectivity index (χ0n) is 8.17. The summed E-state index contributed by atoms with van der Waals surface area (Å²) in [5.41, 5.74) is 1.34. The Kier molecular flexibility index (Phi) is 2.09. The molecular weight excluding hydrogens is 164 g/mol. The molecule has 4 nitrogen and oxygen atoms in total. The van der Waals surface area contributed by atoms with E-state index in [0.29, 0.717) is 0 Å². The maximum atomic E-state index is 4.00. The molecule has 4 heteroatoms. The van der Waals surface area contributed by atoms with E-state index >= 15 is 0 Å². The van der Waals surface area contributed by atoms with E-state index in [1.165, 1.54) is 5.56 Å². The quantitative estimate of drug-likeness (QED) is 0.647. The second kappa shape index (κ2) is 3.12. The Morgan fingerprint density at radius 1 is 1.62 bits per heavy atom. The molecule has 0 bridgehead atoms. The Hall–Kier alpha value is -0.870. The second-order valence-corrected chi connectivity index (χ2v) is 3.86. The van der Waals surface area contributed by atoms with E-state index in [-0.39, 0.29) is 5.54 Å². The summed E-state index contributed by atoms with van der Waals surface area (Å²) < 4.78 is 0. The first-order chi connectivity index (χ1) is 6.23. The fourth-order valence-corrected chi connectivity index (χ4v) is 1.83. The lowest BCUT2D eigenvalue weighted by atomic mass is 9.91. The van der Waals surface area contributed by atoms with Crippen LogP contribution in [0.1, 0.15) is 12.5 Å². The van der Waals surface area contributed by atoms with Crippen LogP contribution in [-0.2, 0) is 5.54 Å². The van der Waals surface area contributed by atoms with E-state index in [4.69, 9.17) is 0 Å². The number of aromatic nitrogens is 2. The van der Waals surface area contributed by atoms with E-state index in [2.05, 4.69) is 34.4 Å². The zero-order chi connectivity index (χ0) is 9.31. The van der Waals surface area contributed by atoms with Crippen molar-refractivity contribution >= 4 is 0 Å². The monoisotopic (exact) mass is 180 g/mol. The summed E-state index contributed by atoms with van der Waals surface area (Å²) in [7, 11) is 2.16. The predicted molar refractivity (Wildman–Crippen MR) is 51.4 cm³/mol.